The Hall–Kier alpha value is -1.42. The molecule has 0 spiro atoms. The van der Waals surface area contributed by atoms with E-state index in [1.165, 1.54) is 12.8 Å². The lowest BCUT2D eigenvalue weighted by Gasteiger charge is -2.14. The van der Waals surface area contributed by atoms with Crippen LogP contribution >= 0.6 is 0 Å². The van der Waals surface area contributed by atoms with E-state index in [0.717, 1.165) is 18.7 Å². The van der Waals surface area contributed by atoms with Crippen LogP contribution in [0.3, 0.4) is 0 Å². The number of para-hydroxylation sites is 1. The van der Waals surface area contributed by atoms with Gasteiger partial charge in [-0.15, -0.1) is 0 Å². The second kappa shape index (κ2) is 4.40. The number of rotatable bonds is 3. The van der Waals surface area contributed by atoms with Crippen molar-refractivity contribution < 1.29 is 4.92 Å². The summed E-state index contributed by atoms with van der Waals surface area (Å²) < 4.78 is 0. The van der Waals surface area contributed by atoms with E-state index in [1.807, 2.05) is 12.1 Å². The van der Waals surface area contributed by atoms with Crippen molar-refractivity contribution in [2.24, 2.45) is 0 Å². The van der Waals surface area contributed by atoms with Gasteiger partial charge >= 0.3 is 0 Å². The molecule has 1 aliphatic rings. The molecule has 1 heterocycles. The molecule has 4 nitrogen and oxygen atoms in total. The highest BCUT2D eigenvalue weighted by molar-refractivity contribution is 5.39. The minimum absolute atomic E-state index is 0.240. The van der Waals surface area contributed by atoms with Crippen LogP contribution < -0.4 is 0 Å². The number of hydrogen-bond donors (Lipinski definition) is 0. The SMILES string of the molecule is O=[N+]([O-])c1ccccc1CN1CCCC1. The largest absolute Gasteiger partial charge is 0.299 e. The van der Waals surface area contributed by atoms with Crippen molar-refractivity contribution in [3.63, 3.8) is 0 Å². The van der Waals surface area contributed by atoms with Crippen molar-refractivity contribution in [2.75, 3.05) is 13.1 Å². The van der Waals surface area contributed by atoms with Gasteiger partial charge in [0, 0.05) is 18.2 Å². The predicted octanol–water partition coefficient (Wildman–Crippen LogP) is 2.19. The lowest BCUT2D eigenvalue weighted by Crippen LogP contribution is -2.18. The van der Waals surface area contributed by atoms with Crippen LogP contribution in [-0.2, 0) is 6.54 Å². The normalized spacial score (nSPS) is 16.8. The maximum atomic E-state index is 10.8. The van der Waals surface area contributed by atoms with Crippen molar-refractivity contribution in [3.8, 4) is 0 Å². The van der Waals surface area contributed by atoms with Gasteiger partial charge < -0.3 is 0 Å². The van der Waals surface area contributed by atoms with E-state index in [4.69, 9.17) is 0 Å². The second-order valence-electron chi connectivity index (χ2n) is 3.87. The second-order valence-corrected chi connectivity index (χ2v) is 3.87. The third-order valence-corrected chi connectivity index (χ3v) is 2.78. The number of hydrogen-bond acceptors (Lipinski definition) is 3. The molecule has 0 N–H and O–H groups in total. The van der Waals surface area contributed by atoms with Crippen LogP contribution in [0.2, 0.25) is 0 Å². The van der Waals surface area contributed by atoms with Crippen LogP contribution in [0, 0.1) is 10.1 Å². The molecule has 0 aliphatic carbocycles. The van der Waals surface area contributed by atoms with Crippen LogP contribution in [-0.4, -0.2) is 22.9 Å². The van der Waals surface area contributed by atoms with Gasteiger partial charge in [-0.3, -0.25) is 15.0 Å². The van der Waals surface area contributed by atoms with E-state index in [-0.39, 0.29) is 10.6 Å². The van der Waals surface area contributed by atoms with E-state index in [0.29, 0.717) is 6.54 Å². The topological polar surface area (TPSA) is 46.4 Å². The number of benzene rings is 1. The number of nitro benzene ring substituents is 1. The van der Waals surface area contributed by atoms with Gasteiger partial charge in [0.25, 0.3) is 5.69 Å². The first-order valence-corrected chi connectivity index (χ1v) is 5.22. The summed E-state index contributed by atoms with van der Waals surface area (Å²) in [5.74, 6) is 0. The van der Waals surface area contributed by atoms with Gasteiger partial charge in [-0.2, -0.15) is 0 Å². The molecule has 4 heteroatoms. The monoisotopic (exact) mass is 206 g/mol. The molecule has 0 unspecified atom stereocenters. The Balaban J connectivity index is 2.15. The minimum Gasteiger partial charge on any atom is -0.299 e. The molecule has 0 bridgehead atoms. The van der Waals surface area contributed by atoms with Crippen LogP contribution in [0.15, 0.2) is 24.3 Å². The summed E-state index contributed by atoms with van der Waals surface area (Å²) in [6.45, 7) is 2.83. The predicted molar refractivity (Wildman–Crippen MR) is 57.6 cm³/mol. The first-order chi connectivity index (χ1) is 7.27. The highest BCUT2D eigenvalue weighted by Crippen LogP contribution is 2.21. The fraction of sp³-hybridized carbons (Fsp3) is 0.455. The number of nitro groups is 1. The van der Waals surface area contributed by atoms with Crippen molar-refractivity contribution in [1.82, 2.24) is 4.90 Å². The fourth-order valence-corrected chi connectivity index (χ4v) is 2.00. The first-order valence-electron chi connectivity index (χ1n) is 5.22. The summed E-state index contributed by atoms with van der Waals surface area (Å²) in [5, 5.41) is 10.8. The van der Waals surface area contributed by atoms with E-state index < -0.39 is 0 Å². The van der Waals surface area contributed by atoms with E-state index >= 15 is 0 Å². The lowest BCUT2D eigenvalue weighted by molar-refractivity contribution is -0.385. The Morgan fingerprint density at radius 2 is 1.93 bits per heavy atom. The minimum atomic E-state index is -0.300. The molecule has 0 atom stereocenters. The van der Waals surface area contributed by atoms with Crippen molar-refractivity contribution >= 4 is 5.69 Å². The van der Waals surface area contributed by atoms with Gasteiger partial charge in [0.15, 0.2) is 0 Å². The molecular weight excluding hydrogens is 192 g/mol. The van der Waals surface area contributed by atoms with Gasteiger partial charge in [-0.1, -0.05) is 18.2 Å². The van der Waals surface area contributed by atoms with E-state index in [9.17, 15) is 10.1 Å². The Morgan fingerprint density at radius 3 is 2.60 bits per heavy atom. The van der Waals surface area contributed by atoms with Crippen LogP contribution in [0.4, 0.5) is 5.69 Å². The maximum Gasteiger partial charge on any atom is 0.273 e. The molecule has 0 radical (unpaired) electrons. The van der Waals surface area contributed by atoms with Crippen molar-refractivity contribution in [3.05, 3.63) is 39.9 Å². The van der Waals surface area contributed by atoms with Crippen LogP contribution in [0.5, 0.6) is 0 Å². The standard InChI is InChI=1S/C11H14N2O2/c14-13(15)11-6-2-1-5-10(11)9-12-7-3-4-8-12/h1-2,5-6H,3-4,7-9H2. The maximum absolute atomic E-state index is 10.8. The zero-order chi connectivity index (χ0) is 10.7. The van der Waals surface area contributed by atoms with Crippen molar-refractivity contribution in [1.29, 1.82) is 0 Å². The first kappa shape index (κ1) is 10.1. The van der Waals surface area contributed by atoms with Gasteiger partial charge in [0.05, 0.1) is 4.92 Å². The zero-order valence-electron chi connectivity index (χ0n) is 8.56. The summed E-state index contributed by atoms with van der Waals surface area (Å²) >= 11 is 0. The lowest BCUT2D eigenvalue weighted by atomic mass is 10.1. The summed E-state index contributed by atoms with van der Waals surface area (Å²) in [6.07, 6.45) is 2.42. The molecule has 1 fully saturated rings. The summed E-state index contributed by atoms with van der Waals surface area (Å²) in [7, 11) is 0. The summed E-state index contributed by atoms with van der Waals surface area (Å²) in [4.78, 5) is 12.7. The summed E-state index contributed by atoms with van der Waals surface area (Å²) in [6, 6.07) is 6.99. The van der Waals surface area contributed by atoms with Crippen molar-refractivity contribution in [2.45, 2.75) is 19.4 Å². The quantitative estimate of drug-likeness (QED) is 0.562. The van der Waals surface area contributed by atoms with Gasteiger partial charge in [0.2, 0.25) is 0 Å². The third-order valence-electron chi connectivity index (χ3n) is 2.78. The molecule has 1 aliphatic heterocycles. The van der Waals surface area contributed by atoms with Crippen LogP contribution in [0.1, 0.15) is 18.4 Å². The Kier molecular flexibility index (Phi) is 2.97. The third kappa shape index (κ3) is 2.33. The van der Waals surface area contributed by atoms with Crippen LogP contribution in [0.25, 0.3) is 0 Å². The number of nitrogens with zero attached hydrogens (tertiary/aromatic N) is 2. The molecule has 0 amide bonds. The molecular formula is C11H14N2O2. The molecule has 1 aromatic rings. The average molecular weight is 206 g/mol. The van der Waals surface area contributed by atoms with E-state index in [2.05, 4.69) is 4.90 Å². The fourth-order valence-electron chi connectivity index (χ4n) is 2.00. The smallest absolute Gasteiger partial charge is 0.273 e. The summed E-state index contributed by atoms with van der Waals surface area (Å²) in [5.41, 5.74) is 1.06. The molecule has 2 rings (SSSR count). The molecule has 0 saturated carbocycles. The molecule has 80 valence electrons. The molecule has 15 heavy (non-hydrogen) atoms. The average Bonchev–Trinajstić information content (AvgIpc) is 2.71. The highest BCUT2D eigenvalue weighted by atomic mass is 16.6. The Labute approximate surface area is 88.7 Å². The van der Waals surface area contributed by atoms with Gasteiger partial charge in [0.1, 0.15) is 0 Å². The Bertz CT molecular complexity index is 359. The van der Waals surface area contributed by atoms with E-state index in [1.54, 1.807) is 12.1 Å². The molecule has 0 aromatic heterocycles. The van der Waals surface area contributed by atoms with Gasteiger partial charge in [-0.05, 0) is 25.9 Å². The number of likely N-dealkylation sites (tertiary alicyclic amines) is 1. The van der Waals surface area contributed by atoms with Gasteiger partial charge in [-0.25, -0.2) is 0 Å². The molecule has 1 aromatic carbocycles. The molecule has 1 saturated heterocycles. The Morgan fingerprint density at radius 1 is 1.27 bits per heavy atom. The highest BCUT2D eigenvalue weighted by Gasteiger charge is 2.17. The zero-order valence-corrected chi connectivity index (χ0v) is 8.56.